The van der Waals surface area contributed by atoms with Crippen LogP contribution >= 0.6 is 0 Å². The third-order valence-corrected chi connectivity index (χ3v) is 5.25. The Balaban J connectivity index is 1.61. The van der Waals surface area contributed by atoms with Crippen LogP contribution < -0.4 is 14.4 Å². The minimum atomic E-state index is -1.15. The first-order valence-corrected chi connectivity index (χ1v) is 9.85. The highest BCUT2D eigenvalue weighted by molar-refractivity contribution is 6.23. The molecular weight excluding hydrogens is 423 g/mol. The van der Waals surface area contributed by atoms with Crippen molar-refractivity contribution in [1.29, 1.82) is 0 Å². The summed E-state index contributed by atoms with van der Waals surface area (Å²) in [6.45, 7) is 0.0400. The number of aliphatic carboxylic acids is 1. The predicted molar refractivity (Wildman–Crippen MR) is 107 cm³/mol. The summed E-state index contributed by atoms with van der Waals surface area (Å²) in [6.07, 6.45) is -0.999. The summed E-state index contributed by atoms with van der Waals surface area (Å²) in [5.41, 5.74) is 0.823. The van der Waals surface area contributed by atoms with Gasteiger partial charge >= 0.3 is 5.97 Å². The van der Waals surface area contributed by atoms with Gasteiger partial charge in [-0.2, -0.15) is 0 Å². The van der Waals surface area contributed by atoms with E-state index in [-0.39, 0.29) is 31.9 Å². The molecule has 0 aromatic heterocycles. The number of ether oxygens (including phenoxy) is 2. The van der Waals surface area contributed by atoms with Gasteiger partial charge in [-0.15, -0.1) is 0 Å². The first-order valence-electron chi connectivity index (χ1n) is 9.85. The Morgan fingerprint density at radius 2 is 1.78 bits per heavy atom. The largest absolute Gasteiger partial charge is 0.481 e. The lowest BCUT2D eigenvalue weighted by atomic mass is 10.1. The molecule has 1 unspecified atom stereocenters. The van der Waals surface area contributed by atoms with Crippen LogP contribution in [0.2, 0.25) is 0 Å². The summed E-state index contributed by atoms with van der Waals surface area (Å²) in [5, 5.41) is 8.95. The van der Waals surface area contributed by atoms with Crippen LogP contribution in [0, 0.1) is 5.82 Å². The number of hydrogen-bond acceptors (Lipinski definition) is 6. The normalized spacial score (nSPS) is 17.0. The van der Waals surface area contributed by atoms with Crippen molar-refractivity contribution in [3.8, 4) is 11.5 Å². The number of nitrogens with zero attached hydrogens (tertiary/aromatic N) is 2. The highest BCUT2D eigenvalue weighted by Gasteiger charge is 2.44. The number of carbonyl (C=O) groups excluding carboxylic acids is 3. The third kappa shape index (κ3) is 4.25. The van der Waals surface area contributed by atoms with E-state index in [4.69, 9.17) is 14.6 Å². The molecule has 32 heavy (non-hydrogen) atoms. The van der Waals surface area contributed by atoms with Gasteiger partial charge in [0.05, 0.1) is 18.5 Å². The van der Waals surface area contributed by atoms with Gasteiger partial charge in [0.15, 0.2) is 11.5 Å². The molecule has 10 heteroatoms. The van der Waals surface area contributed by atoms with Crippen molar-refractivity contribution < 1.29 is 38.1 Å². The van der Waals surface area contributed by atoms with Crippen LogP contribution in [0.4, 0.5) is 10.1 Å². The summed E-state index contributed by atoms with van der Waals surface area (Å²) in [5.74, 6) is -2.37. The standard InChI is InChI=1S/C22H19FN2O7/c23-14-2-4-15(5-3-14)25-20(27)10-16(22(25)30)24(19(26)7-8-21(28)29)11-13-1-6-17-18(9-13)32-12-31-17/h1-6,9,16H,7-8,10-12H2,(H,28,29). The second-order valence-corrected chi connectivity index (χ2v) is 7.37. The molecule has 1 atom stereocenters. The fraction of sp³-hybridized carbons (Fsp3) is 0.273. The zero-order valence-electron chi connectivity index (χ0n) is 16.8. The van der Waals surface area contributed by atoms with Gasteiger partial charge in [0.25, 0.3) is 5.91 Å². The first kappa shape index (κ1) is 21.3. The maximum absolute atomic E-state index is 13.3. The summed E-state index contributed by atoms with van der Waals surface area (Å²) < 4.78 is 23.9. The first-order chi connectivity index (χ1) is 15.3. The minimum absolute atomic E-state index is 0.0317. The Kier molecular flexibility index (Phi) is 5.76. The number of benzene rings is 2. The molecule has 2 aliphatic heterocycles. The lowest BCUT2D eigenvalue weighted by Gasteiger charge is -2.28. The molecule has 2 aromatic carbocycles. The lowest BCUT2D eigenvalue weighted by Crippen LogP contribution is -2.45. The molecule has 9 nitrogen and oxygen atoms in total. The molecule has 0 radical (unpaired) electrons. The molecule has 2 aromatic rings. The molecule has 2 heterocycles. The number of carboxylic acids is 1. The molecule has 1 N–H and O–H groups in total. The van der Waals surface area contributed by atoms with E-state index in [1.54, 1.807) is 18.2 Å². The molecule has 0 aliphatic carbocycles. The Morgan fingerprint density at radius 3 is 2.50 bits per heavy atom. The second kappa shape index (κ2) is 8.66. The molecule has 2 aliphatic rings. The van der Waals surface area contributed by atoms with E-state index in [1.165, 1.54) is 17.0 Å². The maximum Gasteiger partial charge on any atom is 0.303 e. The van der Waals surface area contributed by atoms with Gasteiger partial charge in [0.2, 0.25) is 18.6 Å². The van der Waals surface area contributed by atoms with E-state index in [9.17, 15) is 23.6 Å². The maximum atomic E-state index is 13.3. The van der Waals surface area contributed by atoms with Gasteiger partial charge in [0, 0.05) is 13.0 Å². The van der Waals surface area contributed by atoms with Crippen molar-refractivity contribution in [3.05, 3.63) is 53.8 Å². The topological polar surface area (TPSA) is 113 Å². The van der Waals surface area contributed by atoms with E-state index in [1.807, 2.05) is 0 Å². The second-order valence-electron chi connectivity index (χ2n) is 7.37. The number of hydrogen-bond donors (Lipinski definition) is 1. The van der Waals surface area contributed by atoms with Crippen LogP contribution in [0.1, 0.15) is 24.8 Å². The molecule has 166 valence electrons. The number of rotatable bonds is 7. The van der Waals surface area contributed by atoms with Gasteiger partial charge in [-0.3, -0.25) is 19.2 Å². The number of anilines is 1. The average Bonchev–Trinajstić information content (AvgIpc) is 3.34. The number of amides is 3. The fourth-order valence-corrected chi connectivity index (χ4v) is 3.69. The molecule has 0 saturated carbocycles. The van der Waals surface area contributed by atoms with Gasteiger partial charge in [-0.05, 0) is 42.0 Å². The van der Waals surface area contributed by atoms with E-state index >= 15 is 0 Å². The Morgan fingerprint density at radius 1 is 1.06 bits per heavy atom. The summed E-state index contributed by atoms with van der Waals surface area (Å²) in [4.78, 5) is 51.7. The fourth-order valence-electron chi connectivity index (χ4n) is 3.69. The number of imide groups is 1. The van der Waals surface area contributed by atoms with Crippen LogP contribution in [0.15, 0.2) is 42.5 Å². The molecule has 4 rings (SSSR count). The monoisotopic (exact) mass is 442 g/mol. The molecule has 3 amide bonds. The van der Waals surface area contributed by atoms with E-state index in [0.29, 0.717) is 17.1 Å². The van der Waals surface area contributed by atoms with Crippen molar-refractivity contribution in [2.24, 2.45) is 0 Å². The molecule has 1 saturated heterocycles. The van der Waals surface area contributed by atoms with Crippen LogP contribution in [0.25, 0.3) is 0 Å². The van der Waals surface area contributed by atoms with E-state index in [2.05, 4.69) is 0 Å². The van der Waals surface area contributed by atoms with Crippen LogP contribution in [0.5, 0.6) is 11.5 Å². The van der Waals surface area contributed by atoms with Gasteiger partial charge in [-0.1, -0.05) is 6.07 Å². The molecule has 0 bridgehead atoms. The highest BCUT2D eigenvalue weighted by atomic mass is 19.1. The van der Waals surface area contributed by atoms with Crippen LogP contribution in [-0.4, -0.2) is 46.5 Å². The summed E-state index contributed by atoms with van der Waals surface area (Å²) in [6, 6.07) is 8.80. The Hall–Kier alpha value is -3.95. The number of carbonyl (C=O) groups is 4. The zero-order valence-corrected chi connectivity index (χ0v) is 16.8. The predicted octanol–water partition coefficient (Wildman–Crippen LogP) is 2.08. The van der Waals surface area contributed by atoms with Gasteiger partial charge in [-0.25, -0.2) is 9.29 Å². The smallest absolute Gasteiger partial charge is 0.303 e. The highest BCUT2D eigenvalue weighted by Crippen LogP contribution is 2.34. The Bertz CT molecular complexity index is 1090. The van der Waals surface area contributed by atoms with E-state index < -0.39 is 42.0 Å². The molecular formula is C22H19FN2O7. The Labute approximate surface area is 181 Å². The molecule has 1 fully saturated rings. The van der Waals surface area contributed by atoms with Crippen LogP contribution in [-0.2, 0) is 25.7 Å². The number of halogens is 1. The van der Waals surface area contributed by atoms with Crippen molar-refractivity contribution in [2.45, 2.75) is 31.8 Å². The van der Waals surface area contributed by atoms with Crippen molar-refractivity contribution >= 4 is 29.4 Å². The van der Waals surface area contributed by atoms with Crippen molar-refractivity contribution in [2.75, 3.05) is 11.7 Å². The van der Waals surface area contributed by atoms with Gasteiger partial charge in [0.1, 0.15) is 11.9 Å². The summed E-state index contributed by atoms with van der Waals surface area (Å²) in [7, 11) is 0. The summed E-state index contributed by atoms with van der Waals surface area (Å²) >= 11 is 0. The van der Waals surface area contributed by atoms with Gasteiger partial charge < -0.3 is 19.5 Å². The lowest BCUT2D eigenvalue weighted by molar-refractivity contribution is -0.143. The quantitative estimate of drug-likeness (QED) is 0.653. The molecule has 0 spiro atoms. The van der Waals surface area contributed by atoms with Crippen molar-refractivity contribution in [3.63, 3.8) is 0 Å². The average molecular weight is 442 g/mol. The number of carboxylic acid groups (broad SMARTS) is 1. The van der Waals surface area contributed by atoms with Crippen molar-refractivity contribution in [1.82, 2.24) is 4.90 Å². The number of fused-ring (bicyclic) bond motifs is 1. The van der Waals surface area contributed by atoms with Crippen LogP contribution in [0.3, 0.4) is 0 Å². The third-order valence-electron chi connectivity index (χ3n) is 5.25. The zero-order chi connectivity index (χ0) is 22.8. The SMILES string of the molecule is O=C(O)CCC(=O)N(Cc1ccc2c(c1)OCO2)C1CC(=O)N(c2ccc(F)cc2)C1=O. The minimum Gasteiger partial charge on any atom is -0.481 e. The van der Waals surface area contributed by atoms with E-state index in [0.717, 1.165) is 17.0 Å².